The van der Waals surface area contributed by atoms with Gasteiger partial charge in [-0.05, 0) is 36.9 Å². The lowest BCUT2D eigenvalue weighted by molar-refractivity contribution is -0.148. The van der Waals surface area contributed by atoms with E-state index in [2.05, 4.69) is 20.8 Å². The highest BCUT2D eigenvalue weighted by molar-refractivity contribution is 7.99. The van der Waals surface area contributed by atoms with Crippen LogP contribution in [0.5, 0.6) is 0 Å². The first-order chi connectivity index (χ1) is 8.41. The number of hydrogen-bond donors (Lipinski definition) is 1. The maximum atomic E-state index is 11.8. The molecule has 1 saturated carbocycles. The minimum atomic E-state index is -0.726. The lowest BCUT2D eigenvalue weighted by Crippen LogP contribution is -2.51. The van der Waals surface area contributed by atoms with Gasteiger partial charge in [-0.2, -0.15) is 11.8 Å². The van der Waals surface area contributed by atoms with Gasteiger partial charge in [0, 0.05) is 5.25 Å². The SMILES string of the molecule is COC(=O)C1(N)CCCC1CCSC(C)C(C)C. The fourth-order valence-electron chi connectivity index (χ4n) is 2.55. The molecule has 0 amide bonds. The van der Waals surface area contributed by atoms with Crippen molar-refractivity contribution in [2.75, 3.05) is 12.9 Å². The molecule has 3 nitrogen and oxygen atoms in total. The van der Waals surface area contributed by atoms with Gasteiger partial charge in [-0.25, -0.2) is 0 Å². The van der Waals surface area contributed by atoms with E-state index < -0.39 is 5.54 Å². The van der Waals surface area contributed by atoms with Gasteiger partial charge in [0.15, 0.2) is 0 Å². The standard InChI is InChI=1S/C14H27NO2S/c1-10(2)11(3)18-9-7-12-6-5-8-14(12,15)13(16)17-4/h10-12H,5-9,15H2,1-4H3. The number of ether oxygens (including phenoxy) is 1. The van der Waals surface area contributed by atoms with Gasteiger partial charge in [-0.1, -0.05) is 27.2 Å². The first kappa shape index (κ1) is 15.8. The van der Waals surface area contributed by atoms with Crippen LogP contribution in [0.4, 0.5) is 0 Å². The van der Waals surface area contributed by atoms with Crippen molar-refractivity contribution in [3.8, 4) is 0 Å². The van der Waals surface area contributed by atoms with E-state index in [4.69, 9.17) is 10.5 Å². The van der Waals surface area contributed by atoms with Crippen molar-refractivity contribution in [1.29, 1.82) is 0 Å². The number of rotatable bonds is 6. The topological polar surface area (TPSA) is 52.3 Å². The number of esters is 1. The van der Waals surface area contributed by atoms with Gasteiger partial charge in [-0.15, -0.1) is 0 Å². The van der Waals surface area contributed by atoms with Crippen molar-refractivity contribution in [2.24, 2.45) is 17.6 Å². The molecule has 0 bridgehead atoms. The van der Waals surface area contributed by atoms with Crippen molar-refractivity contribution in [3.05, 3.63) is 0 Å². The lowest BCUT2D eigenvalue weighted by Gasteiger charge is -2.28. The Balaban J connectivity index is 2.44. The average Bonchev–Trinajstić information content (AvgIpc) is 2.71. The summed E-state index contributed by atoms with van der Waals surface area (Å²) < 4.78 is 4.86. The van der Waals surface area contributed by atoms with Crippen molar-refractivity contribution < 1.29 is 9.53 Å². The van der Waals surface area contributed by atoms with Crippen molar-refractivity contribution in [1.82, 2.24) is 0 Å². The van der Waals surface area contributed by atoms with E-state index in [1.807, 2.05) is 11.8 Å². The van der Waals surface area contributed by atoms with Crippen molar-refractivity contribution >= 4 is 17.7 Å². The van der Waals surface area contributed by atoms with E-state index in [1.54, 1.807) is 0 Å². The van der Waals surface area contributed by atoms with Gasteiger partial charge >= 0.3 is 5.97 Å². The highest BCUT2D eigenvalue weighted by atomic mass is 32.2. The predicted molar refractivity (Wildman–Crippen MR) is 77.7 cm³/mol. The fourth-order valence-corrected chi connectivity index (χ4v) is 3.73. The van der Waals surface area contributed by atoms with Crippen LogP contribution < -0.4 is 5.73 Å². The van der Waals surface area contributed by atoms with Gasteiger partial charge in [0.05, 0.1) is 7.11 Å². The molecule has 1 aliphatic rings. The Labute approximate surface area is 115 Å². The molecule has 0 aromatic heterocycles. The first-order valence-corrected chi connectivity index (χ1v) is 7.95. The second-order valence-electron chi connectivity index (χ2n) is 5.73. The number of hydrogen-bond acceptors (Lipinski definition) is 4. The Morgan fingerprint density at radius 2 is 2.17 bits per heavy atom. The highest BCUT2D eigenvalue weighted by Gasteiger charge is 2.46. The number of carbonyl (C=O) groups excluding carboxylic acids is 1. The Morgan fingerprint density at radius 1 is 1.50 bits per heavy atom. The van der Waals surface area contributed by atoms with Crippen LogP contribution in [-0.2, 0) is 9.53 Å². The number of methoxy groups -OCH3 is 1. The molecule has 0 aliphatic heterocycles. The van der Waals surface area contributed by atoms with E-state index >= 15 is 0 Å². The van der Waals surface area contributed by atoms with E-state index in [-0.39, 0.29) is 11.9 Å². The van der Waals surface area contributed by atoms with Gasteiger partial charge < -0.3 is 10.5 Å². The second kappa shape index (κ2) is 6.80. The minimum absolute atomic E-state index is 0.230. The average molecular weight is 273 g/mol. The summed E-state index contributed by atoms with van der Waals surface area (Å²) in [7, 11) is 1.43. The summed E-state index contributed by atoms with van der Waals surface area (Å²) >= 11 is 1.98. The lowest BCUT2D eigenvalue weighted by atomic mass is 9.86. The van der Waals surface area contributed by atoms with Crippen LogP contribution in [0.2, 0.25) is 0 Å². The highest BCUT2D eigenvalue weighted by Crippen LogP contribution is 2.38. The number of thioether (sulfide) groups is 1. The molecule has 0 spiro atoms. The third kappa shape index (κ3) is 3.64. The second-order valence-corrected chi connectivity index (χ2v) is 7.21. The van der Waals surface area contributed by atoms with Crippen LogP contribution in [-0.4, -0.2) is 29.6 Å². The van der Waals surface area contributed by atoms with Gasteiger partial charge in [0.25, 0.3) is 0 Å². The van der Waals surface area contributed by atoms with E-state index in [0.29, 0.717) is 11.2 Å². The first-order valence-electron chi connectivity index (χ1n) is 6.90. The fraction of sp³-hybridized carbons (Fsp3) is 0.929. The van der Waals surface area contributed by atoms with Crippen LogP contribution in [0, 0.1) is 11.8 Å². The number of carbonyl (C=O) groups is 1. The zero-order valence-corrected chi connectivity index (χ0v) is 12.9. The molecule has 3 unspecified atom stereocenters. The largest absolute Gasteiger partial charge is 0.468 e. The zero-order valence-electron chi connectivity index (χ0n) is 12.1. The van der Waals surface area contributed by atoms with Crippen LogP contribution in [0.3, 0.4) is 0 Å². The third-order valence-corrected chi connectivity index (χ3v) is 5.76. The smallest absolute Gasteiger partial charge is 0.326 e. The molecule has 0 radical (unpaired) electrons. The van der Waals surface area contributed by atoms with Crippen molar-refractivity contribution in [2.45, 2.75) is 57.2 Å². The minimum Gasteiger partial charge on any atom is -0.468 e. The van der Waals surface area contributed by atoms with E-state index in [1.165, 1.54) is 7.11 Å². The molecule has 0 heterocycles. The summed E-state index contributed by atoms with van der Waals surface area (Å²) in [6.07, 6.45) is 3.89. The summed E-state index contributed by atoms with van der Waals surface area (Å²) in [5.74, 6) is 1.84. The molecular weight excluding hydrogens is 246 g/mol. The summed E-state index contributed by atoms with van der Waals surface area (Å²) in [6.45, 7) is 6.75. The number of nitrogens with two attached hydrogens (primary N) is 1. The van der Waals surface area contributed by atoms with Crippen LogP contribution >= 0.6 is 11.8 Å². The molecule has 2 N–H and O–H groups in total. The predicted octanol–water partition coefficient (Wildman–Crippen LogP) is 2.82. The van der Waals surface area contributed by atoms with Gasteiger partial charge in [-0.3, -0.25) is 4.79 Å². The molecule has 1 fully saturated rings. The Kier molecular flexibility index (Phi) is 5.99. The van der Waals surface area contributed by atoms with Crippen LogP contribution in [0.25, 0.3) is 0 Å². The molecule has 1 aliphatic carbocycles. The van der Waals surface area contributed by atoms with Crippen LogP contribution in [0.15, 0.2) is 0 Å². The summed E-state index contributed by atoms with van der Waals surface area (Å²) in [4.78, 5) is 11.8. The Morgan fingerprint density at radius 3 is 2.72 bits per heavy atom. The molecule has 106 valence electrons. The van der Waals surface area contributed by atoms with E-state index in [9.17, 15) is 4.79 Å². The third-order valence-electron chi connectivity index (χ3n) is 4.22. The van der Waals surface area contributed by atoms with Crippen molar-refractivity contribution in [3.63, 3.8) is 0 Å². The normalized spacial score (nSPS) is 29.6. The van der Waals surface area contributed by atoms with Gasteiger partial charge in [0.2, 0.25) is 0 Å². The maximum Gasteiger partial charge on any atom is 0.326 e. The quantitative estimate of drug-likeness (QED) is 0.756. The Bertz CT molecular complexity index is 283. The molecule has 0 saturated heterocycles. The van der Waals surface area contributed by atoms with Crippen LogP contribution in [0.1, 0.15) is 46.5 Å². The van der Waals surface area contributed by atoms with E-state index in [0.717, 1.165) is 31.4 Å². The molecule has 3 atom stereocenters. The Hall–Kier alpha value is -0.220. The zero-order chi connectivity index (χ0) is 13.8. The summed E-state index contributed by atoms with van der Waals surface area (Å²) in [5.41, 5.74) is 5.52. The molecule has 0 aromatic rings. The molecule has 18 heavy (non-hydrogen) atoms. The summed E-state index contributed by atoms with van der Waals surface area (Å²) in [6, 6.07) is 0. The maximum absolute atomic E-state index is 11.8. The molecule has 0 aromatic carbocycles. The molecule has 1 rings (SSSR count). The summed E-state index contributed by atoms with van der Waals surface area (Å²) in [5, 5.41) is 0.664. The molecular formula is C14H27NO2S. The molecule has 4 heteroatoms. The van der Waals surface area contributed by atoms with Gasteiger partial charge in [0.1, 0.15) is 5.54 Å². The monoisotopic (exact) mass is 273 g/mol.